The molecule has 0 saturated heterocycles. The van der Waals surface area contributed by atoms with Gasteiger partial charge in [-0.2, -0.15) is 0 Å². The summed E-state index contributed by atoms with van der Waals surface area (Å²) in [5.74, 6) is -1.21. The Bertz CT molecular complexity index is 840. The maximum absolute atomic E-state index is 12.8. The third-order valence-electron chi connectivity index (χ3n) is 4.47. The number of amides is 2. The van der Waals surface area contributed by atoms with Crippen LogP contribution in [0.2, 0.25) is 0 Å². The van der Waals surface area contributed by atoms with Gasteiger partial charge in [0, 0.05) is 31.4 Å². The average molecular weight is 389 g/mol. The molecule has 0 fully saturated rings. The lowest BCUT2D eigenvalue weighted by Crippen LogP contribution is -2.38. The second-order valence-electron chi connectivity index (χ2n) is 6.62. The normalized spacial score (nSPS) is 13.0. The van der Waals surface area contributed by atoms with Gasteiger partial charge >= 0.3 is 5.97 Å². The van der Waals surface area contributed by atoms with E-state index in [0.717, 1.165) is 36.2 Å². The number of hydrogen-bond acceptors (Lipinski definition) is 5. The van der Waals surface area contributed by atoms with Crippen LogP contribution in [0.4, 0.5) is 0 Å². The fourth-order valence-electron chi connectivity index (χ4n) is 3.00. The highest BCUT2D eigenvalue weighted by molar-refractivity contribution is 7.15. The Morgan fingerprint density at radius 1 is 1.19 bits per heavy atom. The zero-order valence-corrected chi connectivity index (χ0v) is 16.3. The first-order valence-electron chi connectivity index (χ1n) is 8.89. The molecule has 0 aromatic carbocycles. The molecule has 0 bridgehead atoms. The van der Waals surface area contributed by atoms with Crippen LogP contribution in [-0.2, 0) is 27.2 Å². The van der Waals surface area contributed by atoms with E-state index in [1.54, 1.807) is 25.4 Å². The lowest BCUT2D eigenvalue weighted by molar-refractivity contribution is -0.131. The van der Waals surface area contributed by atoms with Gasteiger partial charge in [-0.3, -0.25) is 9.59 Å². The van der Waals surface area contributed by atoms with E-state index >= 15 is 0 Å². The summed E-state index contributed by atoms with van der Waals surface area (Å²) in [7, 11) is 3.22. The smallest absolute Gasteiger partial charge is 0.341 e. The molecule has 0 atom stereocenters. The number of carbonyl (C=O) groups excluding carboxylic acids is 3. The summed E-state index contributed by atoms with van der Waals surface area (Å²) in [6.45, 7) is -0.527. The predicted octanol–water partition coefficient (Wildman–Crippen LogP) is 1.78. The van der Waals surface area contributed by atoms with E-state index in [1.807, 2.05) is 29.1 Å². The zero-order valence-electron chi connectivity index (χ0n) is 15.5. The summed E-state index contributed by atoms with van der Waals surface area (Å²) in [4.78, 5) is 38.8. The Balaban J connectivity index is 1.70. The molecule has 0 spiro atoms. The molecule has 144 valence electrons. The second-order valence-corrected chi connectivity index (χ2v) is 7.71. The van der Waals surface area contributed by atoms with Gasteiger partial charge in [0.05, 0.1) is 12.1 Å². The third-order valence-corrected chi connectivity index (χ3v) is 5.77. The second kappa shape index (κ2) is 8.39. The SMILES string of the molecule is CN(C)C(=O)CNC(=O)COC(=O)c1c(-n2cccc2)sc2c1CCCC2. The topological polar surface area (TPSA) is 80.6 Å². The minimum absolute atomic E-state index is 0.119. The fourth-order valence-corrected chi connectivity index (χ4v) is 4.34. The van der Waals surface area contributed by atoms with Crippen LogP contribution in [0.5, 0.6) is 0 Å². The molecule has 2 heterocycles. The lowest BCUT2D eigenvalue weighted by Gasteiger charge is -2.13. The summed E-state index contributed by atoms with van der Waals surface area (Å²) in [6, 6.07) is 3.81. The number of thiophene rings is 1. The summed E-state index contributed by atoms with van der Waals surface area (Å²) in [5, 5.41) is 3.29. The fraction of sp³-hybridized carbons (Fsp3) is 0.421. The van der Waals surface area contributed by atoms with E-state index in [0.29, 0.717) is 5.56 Å². The molecule has 1 aliphatic rings. The number of aromatic nitrogens is 1. The Morgan fingerprint density at radius 3 is 2.59 bits per heavy atom. The highest BCUT2D eigenvalue weighted by Gasteiger charge is 2.27. The number of likely N-dealkylation sites (N-methyl/N-ethyl adjacent to an activating group) is 1. The lowest BCUT2D eigenvalue weighted by atomic mass is 9.95. The van der Waals surface area contributed by atoms with Gasteiger partial charge in [-0.1, -0.05) is 0 Å². The number of carbonyl (C=O) groups is 3. The van der Waals surface area contributed by atoms with Crippen molar-refractivity contribution in [2.24, 2.45) is 0 Å². The molecule has 0 radical (unpaired) electrons. The van der Waals surface area contributed by atoms with E-state index in [9.17, 15) is 14.4 Å². The molecule has 2 amide bonds. The number of nitrogens with zero attached hydrogens (tertiary/aromatic N) is 2. The number of esters is 1. The van der Waals surface area contributed by atoms with Crippen LogP contribution >= 0.6 is 11.3 Å². The van der Waals surface area contributed by atoms with Crippen molar-refractivity contribution in [1.82, 2.24) is 14.8 Å². The van der Waals surface area contributed by atoms with Crippen molar-refractivity contribution >= 4 is 29.1 Å². The number of fused-ring (bicyclic) bond motifs is 1. The number of nitrogens with one attached hydrogen (secondary N) is 1. The number of rotatable bonds is 6. The number of aryl methyl sites for hydroxylation is 1. The van der Waals surface area contributed by atoms with Crippen LogP contribution in [0.15, 0.2) is 24.5 Å². The van der Waals surface area contributed by atoms with Gasteiger partial charge in [0.15, 0.2) is 6.61 Å². The summed E-state index contributed by atoms with van der Waals surface area (Å²) < 4.78 is 7.18. The molecule has 0 saturated carbocycles. The number of hydrogen-bond donors (Lipinski definition) is 1. The maximum Gasteiger partial charge on any atom is 0.341 e. The molecule has 1 N–H and O–H groups in total. The molecule has 0 aliphatic heterocycles. The van der Waals surface area contributed by atoms with Crippen molar-refractivity contribution in [2.45, 2.75) is 25.7 Å². The van der Waals surface area contributed by atoms with Crippen molar-refractivity contribution in [3.05, 3.63) is 40.5 Å². The van der Waals surface area contributed by atoms with Gasteiger partial charge < -0.3 is 19.5 Å². The minimum Gasteiger partial charge on any atom is -0.452 e. The van der Waals surface area contributed by atoms with Gasteiger partial charge in [-0.25, -0.2) is 4.79 Å². The molecule has 0 unspecified atom stereocenters. The van der Waals surface area contributed by atoms with Gasteiger partial charge in [0.2, 0.25) is 5.91 Å². The van der Waals surface area contributed by atoms with Crippen molar-refractivity contribution in [3.8, 4) is 5.00 Å². The van der Waals surface area contributed by atoms with Gasteiger partial charge in [-0.05, 0) is 43.4 Å². The molecule has 2 aromatic heterocycles. The first-order valence-corrected chi connectivity index (χ1v) is 9.71. The van der Waals surface area contributed by atoms with Crippen molar-refractivity contribution < 1.29 is 19.1 Å². The largest absolute Gasteiger partial charge is 0.452 e. The van der Waals surface area contributed by atoms with Gasteiger partial charge in [0.25, 0.3) is 5.91 Å². The highest BCUT2D eigenvalue weighted by atomic mass is 32.1. The molecule has 3 rings (SSSR count). The zero-order chi connectivity index (χ0) is 19.4. The third kappa shape index (κ3) is 4.39. The van der Waals surface area contributed by atoms with Crippen LogP contribution in [0.3, 0.4) is 0 Å². The first-order chi connectivity index (χ1) is 13.0. The average Bonchev–Trinajstić information content (AvgIpc) is 3.31. The molecule has 8 heteroatoms. The Kier molecular flexibility index (Phi) is 5.95. The summed E-state index contributed by atoms with van der Waals surface area (Å²) in [6.07, 6.45) is 7.77. The molecular formula is C19H23N3O4S. The minimum atomic E-state index is -0.495. The Labute approximate surface area is 161 Å². The molecule has 1 aliphatic carbocycles. The van der Waals surface area contributed by atoms with E-state index in [4.69, 9.17) is 4.74 Å². The van der Waals surface area contributed by atoms with Crippen molar-refractivity contribution in [1.29, 1.82) is 0 Å². The van der Waals surface area contributed by atoms with Crippen molar-refractivity contribution in [3.63, 3.8) is 0 Å². The monoisotopic (exact) mass is 389 g/mol. The summed E-state index contributed by atoms with van der Waals surface area (Å²) >= 11 is 1.61. The first kappa shape index (κ1) is 19.2. The van der Waals surface area contributed by atoms with E-state index < -0.39 is 18.5 Å². The van der Waals surface area contributed by atoms with Crippen LogP contribution in [0.25, 0.3) is 5.00 Å². The maximum atomic E-state index is 12.8. The van der Waals surface area contributed by atoms with E-state index in [-0.39, 0.29) is 12.5 Å². The molecule has 27 heavy (non-hydrogen) atoms. The quantitative estimate of drug-likeness (QED) is 0.764. The van der Waals surface area contributed by atoms with E-state index in [2.05, 4.69) is 5.32 Å². The predicted molar refractivity (Wildman–Crippen MR) is 102 cm³/mol. The van der Waals surface area contributed by atoms with Crippen LogP contribution in [-0.4, -0.2) is 54.5 Å². The van der Waals surface area contributed by atoms with Gasteiger partial charge in [0.1, 0.15) is 5.00 Å². The molecule has 7 nitrogen and oxygen atoms in total. The van der Waals surface area contributed by atoms with Crippen LogP contribution in [0.1, 0.15) is 33.6 Å². The molecule has 2 aromatic rings. The highest BCUT2D eigenvalue weighted by Crippen LogP contribution is 2.37. The van der Waals surface area contributed by atoms with Gasteiger partial charge in [-0.15, -0.1) is 11.3 Å². The Hall–Kier alpha value is -2.61. The van der Waals surface area contributed by atoms with Crippen molar-refractivity contribution in [2.75, 3.05) is 27.2 Å². The molecular weight excluding hydrogens is 366 g/mol. The summed E-state index contributed by atoms with van der Waals surface area (Å²) in [5.41, 5.74) is 1.60. The standard InChI is InChI=1S/C19H23N3O4S/c1-21(2)16(24)11-20-15(23)12-26-19(25)17-13-7-3-4-8-14(13)27-18(17)22-9-5-6-10-22/h5-6,9-10H,3-4,7-8,11-12H2,1-2H3,(H,20,23). The van der Waals surface area contributed by atoms with Crippen LogP contribution in [0, 0.1) is 0 Å². The number of ether oxygens (including phenoxy) is 1. The Morgan fingerprint density at radius 2 is 1.89 bits per heavy atom. The van der Waals surface area contributed by atoms with E-state index in [1.165, 1.54) is 9.78 Å². The van der Waals surface area contributed by atoms with Crippen LogP contribution < -0.4 is 5.32 Å².